The fourth-order valence-corrected chi connectivity index (χ4v) is 2.01. The summed E-state index contributed by atoms with van der Waals surface area (Å²) in [5, 5.41) is 0. The fourth-order valence-electron chi connectivity index (χ4n) is 2.01. The van der Waals surface area contributed by atoms with Gasteiger partial charge in [-0.2, -0.15) is 0 Å². The second-order valence-corrected chi connectivity index (χ2v) is 6.16. The first-order valence-electron chi connectivity index (χ1n) is 7.40. The van der Waals surface area contributed by atoms with Gasteiger partial charge in [-0.1, -0.05) is 32.9 Å². The summed E-state index contributed by atoms with van der Waals surface area (Å²) in [6.45, 7) is 7.50. The summed E-state index contributed by atoms with van der Waals surface area (Å²) in [7, 11) is 0. The van der Waals surface area contributed by atoms with E-state index in [2.05, 4.69) is 32.9 Å². The molecule has 0 aliphatic rings. The van der Waals surface area contributed by atoms with Gasteiger partial charge in [-0.15, -0.1) is 0 Å². The molecule has 0 unspecified atom stereocenters. The third-order valence-corrected chi connectivity index (χ3v) is 3.36. The quantitative estimate of drug-likeness (QED) is 0.590. The zero-order valence-electron chi connectivity index (χ0n) is 13.3. The van der Waals surface area contributed by atoms with E-state index in [-0.39, 0.29) is 5.41 Å². The van der Waals surface area contributed by atoms with Gasteiger partial charge in [-0.05, 0) is 47.4 Å². The van der Waals surface area contributed by atoms with Crippen molar-refractivity contribution in [2.75, 3.05) is 13.2 Å². The lowest BCUT2D eigenvalue weighted by Gasteiger charge is -2.19. The second-order valence-electron chi connectivity index (χ2n) is 6.16. The van der Waals surface area contributed by atoms with Gasteiger partial charge in [0.05, 0.1) is 0 Å². The molecule has 0 spiro atoms. The minimum Gasteiger partial charge on any atom is -0.490 e. The van der Waals surface area contributed by atoms with Gasteiger partial charge in [-0.25, -0.2) is 0 Å². The predicted octanol–water partition coefficient (Wildman–Crippen LogP) is 4.25. The van der Waals surface area contributed by atoms with Crippen molar-refractivity contribution >= 4 is 6.29 Å². The minimum atomic E-state index is 0.148. The van der Waals surface area contributed by atoms with Crippen molar-refractivity contribution in [1.29, 1.82) is 0 Å². The van der Waals surface area contributed by atoms with Crippen molar-refractivity contribution in [3.63, 3.8) is 0 Å². The lowest BCUT2D eigenvalue weighted by Crippen LogP contribution is -2.11. The van der Waals surface area contributed by atoms with Gasteiger partial charge in [-0.3, -0.25) is 4.79 Å². The molecule has 0 atom stereocenters. The van der Waals surface area contributed by atoms with Gasteiger partial charge >= 0.3 is 0 Å². The lowest BCUT2D eigenvalue weighted by molar-refractivity contribution is 0.112. The van der Waals surface area contributed by atoms with Crippen LogP contribution in [0.3, 0.4) is 0 Å². The van der Waals surface area contributed by atoms with E-state index in [0.717, 1.165) is 17.8 Å². The molecule has 0 radical (unpaired) electrons. The molecule has 0 fully saturated rings. The minimum absolute atomic E-state index is 0.148. The van der Waals surface area contributed by atoms with Crippen LogP contribution in [0.2, 0.25) is 0 Å². The van der Waals surface area contributed by atoms with E-state index in [0.29, 0.717) is 18.8 Å². The maximum absolute atomic E-state index is 10.6. The molecule has 2 aromatic rings. The van der Waals surface area contributed by atoms with Crippen LogP contribution >= 0.6 is 0 Å². The van der Waals surface area contributed by atoms with Gasteiger partial charge in [0.1, 0.15) is 31.0 Å². The highest BCUT2D eigenvalue weighted by Gasteiger charge is 2.12. The zero-order chi connectivity index (χ0) is 16.0. The summed E-state index contributed by atoms with van der Waals surface area (Å²) in [5.41, 5.74) is 2.07. The van der Waals surface area contributed by atoms with Crippen LogP contribution in [0.1, 0.15) is 36.7 Å². The number of hydrogen-bond donors (Lipinski definition) is 0. The van der Waals surface area contributed by atoms with E-state index in [9.17, 15) is 4.79 Å². The first kappa shape index (κ1) is 16.1. The van der Waals surface area contributed by atoms with Crippen molar-refractivity contribution in [2.45, 2.75) is 26.2 Å². The molecular weight excluding hydrogens is 276 g/mol. The number of rotatable bonds is 6. The third kappa shape index (κ3) is 4.62. The number of benzene rings is 2. The molecule has 0 aliphatic carbocycles. The van der Waals surface area contributed by atoms with Gasteiger partial charge in [0.2, 0.25) is 0 Å². The Balaban J connectivity index is 1.77. The van der Waals surface area contributed by atoms with Crippen molar-refractivity contribution in [3.05, 3.63) is 59.7 Å². The molecule has 3 nitrogen and oxygen atoms in total. The molecular formula is C19H22O3. The Morgan fingerprint density at radius 3 is 1.68 bits per heavy atom. The van der Waals surface area contributed by atoms with Crippen molar-refractivity contribution in [3.8, 4) is 11.5 Å². The van der Waals surface area contributed by atoms with Gasteiger partial charge in [0, 0.05) is 5.56 Å². The lowest BCUT2D eigenvalue weighted by atomic mass is 9.87. The molecule has 2 rings (SSSR count). The van der Waals surface area contributed by atoms with Crippen LogP contribution in [0.25, 0.3) is 0 Å². The number of ether oxygens (including phenoxy) is 2. The maximum atomic E-state index is 10.6. The predicted molar refractivity (Wildman–Crippen MR) is 88.0 cm³/mol. The topological polar surface area (TPSA) is 35.5 Å². The first-order chi connectivity index (χ1) is 10.5. The summed E-state index contributed by atoms with van der Waals surface area (Å²) < 4.78 is 11.2. The third-order valence-electron chi connectivity index (χ3n) is 3.36. The van der Waals surface area contributed by atoms with Crippen molar-refractivity contribution < 1.29 is 14.3 Å². The highest BCUT2D eigenvalue weighted by Crippen LogP contribution is 2.24. The van der Waals surface area contributed by atoms with Crippen LogP contribution in [0.5, 0.6) is 11.5 Å². The van der Waals surface area contributed by atoms with Crippen molar-refractivity contribution in [1.82, 2.24) is 0 Å². The molecule has 116 valence electrons. The molecule has 0 N–H and O–H groups in total. The van der Waals surface area contributed by atoms with E-state index in [1.807, 2.05) is 12.1 Å². The van der Waals surface area contributed by atoms with Gasteiger partial charge in [0.15, 0.2) is 0 Å². The smallest absolute Gasteiger partial charge is 0.150 e. The summed E-state index contributed by atoms with van der Waals surface area (Å²) in [6.07, 6.45) is 0.814. The van der Waals surface area contributed by atoms with Crippen LogP contribution in [0.15, 0.2) is 48.5 Å². The van der Waals surface area contributed by atoms with E-state index in [1.165, 1.54) is 5.56 Å². The van der Waals surface area contributed by atoms with Gasteiger partial charge in [0.25, 0.3) is 0 Å². The maximum Gasteiger partial charge on any atom is 0.150 e. The van der Waals surface area contributed by atoms with Crippen LogP contribution in [-0.2, 0) is 5.41 Å². The molecule has 0 amide bonds. The van der Waals surface area contributed by atoms with Crippen molar-refractivity contribution in [2.24, 2.45) is 0 Å². The number of aldehydes is 1. The second kappa shape index (κ2) is 7.12. The van der Waals surface area contributed by atoms with E-state index in [4.69, 9.17) is 9.47 Å². The Morgan fingerprint density at radius 1 is 0.818 bits per heavy atom. The standard InChI is InChI=1S/C19H22O3/c1-19(2,3)16-6-10-18(11-7-16)22-13-12-21-17-8-4-15(14-20)5-9-17/h4-11,14H,12-13H2,1-3H3. The monoisotopic (exact) mass is 298 g/mol. The Bertz CT molecular complexity index is 592. The van der Waals surface area contributed by atoms with E-state index < -0.39 is 0 Å². The number of carbonyl (C=O) groups is 1. The average Bonchev–Trinajstić information content (AvgIpc) is 2.52. The van der Waals surface area contributed by atoms with Crippen LogP contribution in [0.4, 0.5) is 0 Å². The summed E-state index contributed by atoms with van der Waals surface area (Å²) in [6, 6.07) is 15.2. The fraction of sp³-hybridized carbons (Fsp3) is 0.316. The molecule has 0 saturated heterocycles. The highest BCUT2D eigenvalue weighted by molar-refractivity contribution is 5.74. The average molecular weight is 298 g/mol. The first-order valence-corrected chi connectivity index (χ1v) is 7.40. The molecule has 0 aliphatic heterocycles. The Labute approximate surface area is 131 Å². The Hall–Kier alpha value is -2.29. The van der Waals surface area contributed by atoms with E-state index in [1.54, 1.807) is 24.3 Å². The summed E-state index contributed by atoms with van der Waals surface area (Å²) in [5.74, 6) is 1.57. The molecule has 0 saturated carbocycles. The SMILES string of the molecule is CC(C)(C)c1ccc(OCCOc2ccc(C=O)cc2)cc1. The number of carbonyl (C=O) groups excluding carboxylic acids is 1. The largest absolute Gasteiger partial charge is 0.490 e. The molecule has 0 aromatic heterocycles. The van der Waals surface area contributed by atoms with Crippen LogP contribution in [0, 0.1) is 0 Å². The Morgan fingerprint density at radius 2 is 1.27 bits per heavy atom. The summed E-state index contributed by atoms with van der Waals surface area (Å²) >= 11 is 0. The van der Waals surface area contributed by atoms with Crippen LogP contribution in [-0.4, -0.2) is 19.5 Å². The highest BCUT2D eigenvalue weighted by atomic mass is 16.5. The molecule has 0 heterocycles. The molecule has 22 heavy (non-hydrogen) atoms. The number of hydrogen-bond acceptors (Lipinski definition) is 3. The molecule has 0 bridgehead atoms. The van der Waals surface area contributed by atoms with Gasteiger partial charge < -0.3 is 9.47 Å². The molecule has 2 aromatic carbocycles. The van der Waals surface area contributed by atoms with E-state index >= 15 is 0 Å². The summed E-state index contributed by atoms with van der Waals surface area (Å²) in [4.78, 5) is 10.6. The van der Waals surface area contributed by atoms with Crippen LogP contribution < -0.4 is 9.47 Å². The normalized spacial score (nSPS) is 11.0. The molecule has 3 heteroatoms. The zero-order valence-corrected chi connectivity index (χ0v) is 13.3. The Kier molecular flexibility index (Phi) is 5.21.